The van der Waals surface area contributed by atoms with Crippen LogP contribution >= 0.6 is 11.3 Å². The highest BCUT2D eigenvalue weighted by molar-refractivity contribution is 7.09. The molecular weight excluding hydrogens is 470 g/mol. The van der Waals surface area contributed by atoms with Crippen LogP contribution in [0.1, 0.15) is 48.0 Å². The zero-order chi connectivity index (χ0) is 24.9. The Labute approximate surface area is 217 Å². The molecule has 36 heavy (non-hydrogen) atoms. The van der Waals surface area contributed by atoms with E-state index in [1.807, 2.05) is 24.4 Å². The smallest absolute Gasteiger partial charge is 0.163 e. The quantitative estimate of drug-likeness (QED) is 0.360. The van der Waals surface area contributed by atoms with Crippen molar-refractivity contribution in [3.05, 3.63) is 70.2 Å². The molecular formula is C29H35N3O3S. The summed E-state index contributed by atoms with van der Waals surface area (Å²) in [5.41, 5.74) is 3.37. The summed E-state index contributed by atoms with van der Waals surface area (Å²) < 4.78 is 12.0. The number of hydrogen-bond donors (Lipinski definition) is 0. The van der Waals surface area contributed by atoms with Gasteiger partial charge in [-0.2, -0.15) is 0 Å². The third kappa shape index (κ3) is 5.57. The number of benzene rings is 2. The van der Waals surface area contributed by atoms with E-state index >= 15 is 0 Å². The number of carbonyl (C=O) groups is 1. The van der Waals surface area contributed by atoms with Gasteiger partial charge in [-0.05, 0) is 56.7 Å². The lowest BCUT2D eigenvalue weighted by Crippen LogP contribution is -2.55. The van der Waals surface area contributed by atoms with Crippen molar-refractivity contribution < 1.29 is 14.3 Å². The van der Waals surface area contributed by atoms with Gasteiger partial charge in [0.1, 0.15) is 17.3 Å². The molecule has 2 aromatic carbocycles. The van der Waals surface area contributed by atoms with E-state index in [2.05, 4.69) is 51.2 Å². The van der Waals surface area contributed by atoms with Gasteiger partial charge in [0.25, 0.3) is 0 Å². The first-order valence-corrected chi connectivity index (χ1v) is 13.8. The molecule has 1 aliphatic heterocycles. The summed E-state index contributed by atoms with van der Waals surface area (Å²) in [7, 11) is 1.70. The maximum atomic E-state index is 12.3. The third-order valence-electron chi connectivity index (χ3n) is 7.33. The molecule has 0 bridgehead atoms. The van der Waals surface area contributed by atoms with Crippen LogP contribution in [-0.4, -0.2) is 55.1 Å². The van der Waals surface area contributed by atoms with E-state index in [1.165, 1.54) is 18.4 Å². The number of ether oxygens (including phenoxy) is 2. The van der Waals surface area contributed by atoms with Crippen LogP contribution in [0.2, 0.25) is 0 Å². The van der Waals surface area contributed by atoms with Crippen LogP contribution in [0.3, 0.4) is 0 Å². The zero-order valence-corrected chi connectivity index (χ0v) is 22.0. The van der Waals surface area contributed by atoms with E-state index in [-0.39, 0.29) is 18.2 Å². The molecule has 1 aromatic heterocycles. The lowest BCUT2D eigenvalue weighted by atomic mass is 9.99. The molecule has 190 valence electrons. The number of piperazine rings is 1. The first-order valence-electron chi connectivity index (χ1n) is 12.9. The summed E-state index contributed by atoms with van der Waals surface area (Å²) in [6, 6.07) is 16.7. The second-order valence-electron chi connectivity index (χ2n) is 9.79. The molecule has 2 fully saturated rings. The summed E-state index contributed by atoms with van der Waals surface area (Å²) in [6.07, 6.45) is 6.87. The van der Waals surface area contributed by atoms with Gasteiger partial charge in [-0.3, -0.25) is 4.90 Å². The highest BCUT2D eigenvalue weighted by atomic mass is 32.1. The minimum Gasteiger partial charge on any atom is -0.493 e. The van der Waals surface area contributed by atoms with Gasteiger partial charge in [-0.15, -0.1) is 11.3 Å². The summed E-state index contributed by atoms with van der Waals surface area (Å²) in [5.74, 6) is 1.61. The predicted molar refractivity (Wildman–Crippen MR) is 144 cm³/mol. The van der Waals surface area contributed by atoms with Gasteiger partial charge in [0.05, 0.1) is 13.2 Å². The minimum atomic E-state index is -0.323. The second-order valence-corrected chi connectivity index (χ2v) is 10.7. The summed E-state index contributed by atoms with van der Waals surface area (Å²) in [6.45, 7) is 4.41. The van der Waals surface area contributed by atoms with Crippen LogP contribution in [0.15, 0.2) is 53.9 Å². The average molecular weight is 506 g/mol. The van der Waals surface area contributed by atoms with Gasteiger partial charge >= 0.3 is 0 Å². The zero-order valence-electron chi connectivity index (χ0n) is 21.1. The molecule has 6 nitrogen and oxygen atoms in total. The molecule has 2 aliphatic rings. The number of aromatic nitrogens is 1. The second kappa shape index (κ2) is 11.4. The lowest BCUT2D eigenvalue weighted by molar-refractivity contribution is -0.113. The van der Waals surface area contributed by atoms with Crippen LogP contribution in [-0.2, 0) is 11.2 Å². The van der Waals surface area contributed by atoms with Crippen molar-refractivity contribution in [1.29, 1.82) is 0 Å². The number of methoxy groups -OCH3 is 1. The molecule has 0 radical (unpaired) electrons. The Bertz CT molecular complexity index is 1150. The number of hydrogen-bond acceptors (Lipinski definition) is 7. The van der Waals surface area contributed by atoms with Crippen LogP contribution < -0.4 is 14.4 Å². The fraction of sp³-hybridized carbons (Fsp3) is 0.448. The van der Waals surface area contributed by atoms with Gasteiger partial charge in [0.15, 0.2) is 11.5 Å². The van der Waals surface area contributed by atoms with Crippen molar-refractivity contribution in [1.82, 2.24) is 9.88 Å². The highest BCUT2D eigenvalue weighted by Crippen LogP contribution is 2.36. The number of aldehydes is 1. The van der Waals surface area contributed by atoms with Crippen LogP contribution in [0, 0.1) is 6.92 Å². The van der Waals surface area contributed by atoms with Gasteiger partial charge in [-0.25, -0.2) is 4.98 Å². The largest absolute Gasteiger partial charge is 0.493 e. The molecule has 2 heterocycles. The third-order valence-corrected chi connectivity index (χ3v) is 8.36. The van der Waals surface area contributed by atoms with Gasteiger partial charge in [-0.1, -0.05) is 30.3 Å². The normalized spacial score (nSPS) is 19.8. The minimum absolute atomic E-state index is 0.168. The van der Waals surface area contributed by atoms with Crippen molar-refractivity contribution in [2.24, 2.45) is 0 Å². The van der Waals surface area contributed by atoms with Crippen LogP contribution in [0.5, 0.6) is 11.5 Å². The van der Waals surface area contributed by atoms with E-state index in [0.29, 0.717) is 0 Å². The topological polar surface area (TPSA) is 54.9 Å². The fourth-order valence-corrected chi connectivity index (χ4v) is 6.34. The Morgan fingerprint density at radius 1 is 1.11 bits per heavy atom. The number of aryl methyl sites for hydroxylation is 1. The van der Waals surface area contributed by atoms with Crippen LogP contribution in [0.25, 0.3) is 0 Å². The molecule has 1 saturated carbocycles. The van der Waals surface area contributed by atoms with Crippen molar-refractivity contribution in [2.45, 2.75) is 57.2 Å². The highest BCUT2D eigenvalue weighted by Gasteiger charge is 2.34. The van der Waals surface area contributed by atoms with Gasteiger partial charge in [0.2, 0.25) is 0 Å². The fourth-order valence-electron chi connectivity index (χ4n) is 5.46. The summed E-state index contributed by atoms with van der Waals surface area (Å²) in [5, 5.41) is 2.91. The maximum absolute atomic E-state index is 12.3. The summed E-state index contributed by atoms with van der Waals surface area (Å²) in [4.78, 5) is 21.7. The van der Waals surface area contributed by atoms with Crippen molar-refractivity contribution in [3.63, 3.8) is 0 Å². The molecule has 1 saturated heterocycles. The maximum Gasteiger partial charge on any atom is 0.163 e. The predicted octanol–water partition coefficient (Wildman–Crippen LogP) is 5.46. The van der Waals surface area contributed by atoms with E-state index in [9.17, 15) is 4.79 Å². The Balaban J connectivity index is 1.40. The Hall–Kier alpha value is -2.90. The Kier molecular flexibility index (Phi) is 7.87. The SMILES string of the molecule is COc1ccc(N2CCN([C@@H](C=O)c3nc(C)cs3)C(Cc3ccccc3)C2)cc1OC1CCCC1. The molecule has 0 N–H and O–H groups in total. The molecule has 5 rings (SSSR count). The van der Waals surface area contributed by atoms with Crippen molar-refractivity contribution in [3.8, 4) is 11.5 Å². The first-order chi connectivity index (χ1) is 17.6. The molecule has 0 spiro atoms. The number of nitrogens with zero attached hydrogens (tertiary/aromatic N) is 3. The molecule has 1 unspecified atom stereocenters. The molecule has 7 heteroatoms. The first kappa shape index (κ1) is 24.8. The van der Waals surface area contributed by atoms with Crippen molar-refractivity contribution in [2.75, 3.05) is 31.6 Å². The van der Waals surface area contributed by atoms with E-state index < -0.39 is 0 Å². The molecule has 2 atom stereocenters. The number of carbonyl (C=O) groups excluding carboxylic acids is 1. The molecule has 3 aromatic rings. The number of anilines is 1. The Morgan fingerprint density at radius 2 is 1.92 bits per heavy atom. The van der Waals surface area contributed by atoms with Crippen molar-refractivity contribution >= 4 is 23.3 Å². The van der Waals surface area contributed by atoms with Gasteiger partial charge < -0.3 is 19.2 Å². The van der Waals surface area contributed by atoms with Crippen LogP contribution in [0.4, 0.5) is 5.69 Å². The lowest BCUT2D eigenvalue weighted by Gasteiger charge is -2.44. The Morgan fingerprint density at radius 3 is 2.61 bits per heavy atom. The van der Waals surface area contributed by atoms with Gasteiger partial charge in [0, 0.05) is 48.5 Å². The van der Waals surface area contributed by atoms with E-state index in [4.69, 9.17) is 9.47 Å². The van der Waals surface area contributed by atoms with E-state index in [1.54, 1.807) is 18.4 Å². The van der Waals surface area contributed by atoms with E-state index in [0.717, 1.165) is 73.1 Å². The monoisotopic (exact) mass is 505 g/mol. The molecule has 0 amide bonds. The standard InChI is InChI=1S/C29H35N3O3S/c1-21-20-36-29(30-21)26(19-33)32-15-14-31(18-24(32)16-22-8-4-3-5-9-22)23-12-13-27(34-2)28(17-23)35-25-10-6-7-11-25/h3-5,8-9,12-13,17,19-20,24-26H,6-7,10-11,14-16,18H2,1-2H3/t24?,26-/m0/s1. The number of rotatable bonds is 9. The summed E-state index contributed by atoms with van der Waals surface area (Å²) >= 11 is 1.57. The molecule has 1 aliphatic carbocycles. The number of thiazole rings is 1. The average Bonchev–Trinajstić information content (AvgIpc) is 3.58.